The van der Waals surface area contributed by atoms with Gasteiger partial charge in [0.1, 0.15) is 0 Å². The van der Waals surface area contributed by atoms with E-state index in [1.807, 2.05) is 32.0 Å². The molecule has 0 saturated heterocycles. The van der Waals surface area contributed by atoms with Crippen molar-refractivity contribution in [2.24, 2.45) is 0 Å². The Labute approximate surface area is 113 Å². The van der Waals surface area contributed by atoms with Gasteiger partial charge in [0.2, 0.25) is 5.91 Å². The fourth-order valence-electron chi connectivity index (χ4n) is 1.60. The minimum absolute atomic E-state index is 0.0378. The Kier molecular flexibility index (Phi) is 5.89. The van der Waals surface area contributed by atoms with E-state index < -0.39 is 0 Å². The minimum atomic E-state index is -0.126. The average Bonchev–Trinajstić information content (AvgIpc) is 2.34. The van der Waals surface area contributed by atoms with E-state index in [0.717, 1.165) is 5.56 Å². The molecule has 1 N–H and O–H groups in total. The molecule has 0 aliphatic carbocycles. The van der Waals surface area contributed by atoms with Crippen LogP contribution in [0.4, 0.5) is 0 Å². The van der Waals surface area contributed by atoms with Gasteiger partial charge in [-0.05, 0) is 31.6 Å². The molecule has 0 bridgehead atoms. The van der Waals surface area contributed by atoms with Gasteiger partial charge in [0.15, 0.2) is 0 Å². The second-order valence-electron chi connectivity index (χ2n) is 4.20. The highest BCUT2D eigenvalue weighted by molar-refractivity contribution is 6.32. The van der Waals surface area contributed by atoms with Crippen molar-refractivity contribution in [2.45, 2.75) is 19.9 Å². The third kappa shape index (κ3) is 4.17. The monoisotopic (exact) mass is 267 g/mol. The minimum Gasteiger partial charge on any atom is -0.395 e. The molecule has 0 heterocycles. The van der Waals surface area contributed by atoms with Crippen LogP contribution in [0, 0.1) is 0 Å². The zero-order chi connectivity index (χ0) is 13.5. The van der Waals surface area contributed by atoms with Crippen LogP contribution in [-0.4, -0.2) is 35.1 Å². The zero-order valence-corrected chi connectivity index (χ0v) is 11.4. The van der Waals surface area contributed by atoms with E-state index in [1.165, 1.54) is 6.08 Å². The van der Waals surface area contributed by atoms with Crippen molar-refractivity contribution in [1.82, 2.24) is 4.90 Å². The quantitative estimate of drug-likeness (QED) is 0.833. The molecule has 0 fully saturated rings. The summed E-state index contributed by atoms with van der Waals surface area (Å²) >= 11 is 5.99. The number of amides is 1. The van der Waals surface area contributed by atoms with Crippen LogP contribution in [0.15, 0.2) is 30.3 Å². The lowest BCUT2D eigenvalue weighted by atomic mass is 10.2. The maximum absolute atomic E-state index is 11.9. The van der Waals surface area contributed by atoms with Crippen LogP contribution in [0.2, 0.25) is 5.02 Å². The SMILES string of the molecule is CC(C)N(CCO)C(=O)/C=C/c1ccccc1Cl. The van der Waals surface area contributed by atoms with Crippen LogP contribution >= 0.6 is 11.6 Å². The van der Waals surface area contributed by atoms with Gasteiger partial charge < -0.3 is 10.0 Å². The summed E-state index contributed by atoms with van der Waals surface area (Å²) < 4.78 is 0. The topological polar surface area (TPSA) is 40.5 Å². The molecule has 0 aromatic heterocycles. The summed E-state index contributed by atoms with van der Waals surface area (Å²) in [6, 6.07) is 7.38. The molecule has 3 nitrogen and oxygen atoms in total. The fraction of sp³-hybridized carbons (Fsp3) is 0.357. The van der Waals surface area contributed by atoms with Crippen molar-refractivity contribution in [3.05, 3.63) is 40.9 Å². The number of aliphatic hydroxyl groups is 1. The first-order valence-electron chi connectivity index (χ1n) is 5.90. The lowest BCUT2D eigenvalue weighted by Crippen LogP contribution is -2.37. The van der Waals surface area contributed by atoms with Gasteiger partial charge in [-0.3, -0.25) is 4.79 Å². The fourth-order valence-corrected chi connectivity index (χ4v) is 1.80. The molecular weight excluding hydrogens is 250 g/mol. The predicted octanol–water partition coefficient (Wildman–Crippen LogP) is 2.58. The molecule has 0 radical (unpaired) electrons. The lowest BCUT2D eigenvalue weighted by Gasteiger charge is -2.24. The van der Waals surface area contributed by atoms with Crippen molar-refractivity contribution in [3.63, 3.8) is 0 Å². The summed E-state index contributed by atoms with van der Waals surface area (Å²) in [4.78, 5) is 13.5. The number of benzene rings is 1. The number of rotatable bonds is 5. The van der Waals surface area contributed by atoms with Gasteiger partial charge in [-0.1, -0.05) is 29.8 Å². The van der Waals surface area contributed by atoms with Crippen molar-refractivity contribution in [2.75, 3.05) is 13.2 Å². The molecule has 0 atom stereocenters. The Balaban J connectivity index is 2.77. The summed E-state index contributed by atoms with van der Waals surface area (Å²) in [7, 11) is 0. The predicted molar refractivity (Wildman–Crippen MR) is 74.4 cm³/mol. The summed E-state index contributed by atoms with van der Waals surface area (Å²) in [6.07, 6.45) is 3.17. The molecule has 1 aromatic rings. The third-order valence-corrected chi connectivity index (χ3v) is 2.90. The largest absolute Gasteiger partial charge is 0.395 e. The van der Waals surface area contributed by atoms with Crippen LogP contribution < -0.4 is 0 Å². The van der Waals surface area contributed by atoms with Gasteiger partial charge in [-0.25, -0.2) is 0 Å². The molecule has 0 unspecified atom stereocenters. The van der Waals surface area contributed by atoms with Gasteiger partial charge in [0, 0.05) is 23.7 Å². The number of hydrogen-bond donors (Lipinski definition) is 1. The first kappa shape index (κ1) is 14.7. The molecule has 1 amide bonds. The van der Waals surface area contributed by atoms with E-state index in [0.29, 0.717) is 11.6 Å². The average molecular weight is 268 g/mol. The highest BCUT2D eigenvalue weighted by Crippen LogP contribution is 2.16. The van der Waals surface area contributed by atoms with Crippen molar-refractivity contribution in [3.8, 4) is 0 Å². The van der Waals surface area contributed by atoms with Crippen LogP contribution in [0.25, 0.3) is 6.08 Å². The first-order chi connectivity index (χ1) is 8.56. The molecule has 1 aromatic carbocycles. The summed E-state index contributed by atoms with van der Waals surface area (Å²) in [6.45, 7) is 4.13. The van der Waals surface area contributed by atoms with Gasteiger partial charge >= 0.3 is 0 Å². The van der Waals surface area contributed by atoms with Gasteiger partial charge in [0.05, 0.1) is 6.61 Å². The van der Waals surface area contributed by atoms with E-state index in [-0.39, 0.29) is 18.6 Å². The van der Waals surface area contributed by atoms with E-state index >= 15 is 0 Å². The Morgan fingerprint density at radius 2 is 2.11 bits per heavy atom. The van der Waals surface area contributed by atoms with E-state index in [4.69, 9.17) is 16.7 Å². The highest BCUT2D eigenvalue weighted by Gasteiger charge is 2.13. The molecule has 18 heavy (non-hydrogen) atoms. The number of carbonyl (C=O) groups excluding carboxylic acids is 1. The van der Waals surface area contributed by atoms with Crippen molar-refractivity contribution in [1.29, 1.82) is 0 Å². The molecule has 0 spiro atoms. The summed E-state index contributed by atoms with van der Waals surface area (Å²) in [5.74, 6) is -0.126. The molecule has 0 aliphatic heterocycles. The number of nitrogens with zero attached hydrogens (tertiary/aromatic N) is 1. The zero-order valence-electron chi connectivity index (χ0n) is 10.6. The molecule has 4 heteroatoms. The van der Waals surface area contributed by atoms with Crippen molar-refractivity contribution >= 4 is 23.6 Å². The van der Waals surface area contributed by atoms with Gasteiger partial charge in [-0.2, -0.15) is 0 Å². The maximum atomic E-state index is 11.9. The Bertz CT molecular complexity index is 430. The smallest absolute Gasteiger partial charge is 0.246 e. The molecule has 0 aliphatic rings. The lowest BCUT2D eigenvalue weighted by molar-refractivity contribution is -0.128. The number of carbonyl (C=O) groups is 1. The van der Waals surface area contributed by atoms with E-state index in [9.17, 15) is 4.79 Å². The number of hydrogen-bond acceptors (Lipinski definition) is 2. The molecule has 98 valence electrons. The van der Waals surface area contributed by atoms with Crippen LogP contribution in [0.5, 0.6) is 0 Å². The molecule has 1 rings (SSSR count). The Morgan fingerprint density at radius 3 is 2.67 bits per heavy atom. The maximum Gasteiger partial charge on any atom is 0.246 e. The Morgan fingerprint density at radius 1 is 1.44 bits per heavy atom. The normalized spacial score (nSPS) is 11.2. The van der Waals surface area contributed by atoms with Crippen LogP contribution in [-0.2, 0) is 4.79 Å². The third-order valence-electron chi connectivity index (χ3n) is 2.56. The second-order valence-corrected chi connectivity index (χ2v) is 4.61. The summed E-state index contributed by atoms with van der Waals surface area (Å²) in [5, 5.41) is 9.54. The number of halogens is 1. The molecule has 0 saturated carbocycles. The summed E-state index contributed by atoms with van der Waals surface area (Å²) in [5.41, 5.74) is 0.806. The molecular formula is C14H18ClNO2. The number of aliphatic hydroxyl groups excluding tert-OH is 1. The highest BCUT2D eigenvalue weighted by atomic mass is 35.5. The standard InChI is InChI=1S/C14H18ClNO2/c1-11(2)16(9-10-17)14(18)8-7-12-5-3-4-6-13(12)15/h3-8,11,17H,9-10H2,1-2H3/b8-7+. The van der Waals surface area contributed by atoms with Crippen molar-refractivity contribution < 1.29 is 9.90 Å². The van der Waals surface area contributed by atoms with Crippen LogP contribution in [0.3, 0.4) is 0 Å². The first-order valence-corrected chi connectivity index (χ1v) is 6.28. The van der Waals surface area contributed by atoms with E-state index in [1.54, 1.807) is 17.0 Å². The second kappa shape index (κ2) is 7.19. The van der Waals surface area contributed by atoms with Gasteiger partial charge in [-0.15, -0.1) is 0 Å². The van der Waals surface area contributed by atoms with Crippen LogP contribution in [0.1, 0.15) is 19.4 Å². The Hall–Kier alpha value is -1.32. The van der Waals surface area contributed by atoms with E-state index in [2.05, 4.69) is 0 Å². The van der Waals surface area contributed by atoms with Gasteiger partial charge in [0.25, 0.3) is 0 Å².